The predicted octanol–water partition coefficient (Wildman–Crippen LogP) is 3.51. The van der Waals surface area contributed by atoms with Gasteiger partial charge in [-0.05, 0) is 19.9 Å². The number of nitrogens with one attached hydrogen (secondary N) is 1. The summed E-state index contributed by atoms with van der Waals surface area (Å²) in [4.78, 5) is 12.2. The van der Waals surface area contributed by atoms with Gasteiger partial charge in [-0.25, -0.2) is 22.2 Å². The highest BCUT2D eigenvalue weighted by Crippen LogP contribution is 2.36. The number of carbonyl (C=O) groups is 1. The average Bonchev–Trinajstić information content (AvgIpc) is 3.15. The Balaban J connectivity index is 2.16. The molecule has 2 rings (SSSR count). The SMILES string of the molecule is CCn1ccc(CNC(=O)C(C)n2nc(C(F)F)c(Cl)c2C(F)F)n1. The van der Waals surface area contributed by atoms with Crippen LogP contribution in [0.1, 0.15) is 49.8 Å². The van der Waals surface area contributed by atoms with E-state index in [-0.39, 0.29) is 6.54 Å². The Morgan fingerprint density at radius 1 is 1.28 bits per heavy atom. The topological polar surface area (TPSA) is 64.7 Å². The largest absolute Gasteiger partial charge is 0.349 e. The van der Waals surface area contributed by atoms with Gasteiger partial charge in [0.25, 0.3) is 12.9 Å². The highest BCUT2D eigenvalue weighted by Gasteiger charge is 2.31. The number of halogens is 5. The van der Waals surface area contributed by atoms with Gasteiger partial charge in [0.2, 0.25) is 5.91 Å². The fourth-order valence-electron chi connectivity index (χ4n) is 2.19. The molecule has 1 unspecified atom stereocenters. The molecule has 0 aromatic carbocycles. The van der Waals surface area contributed by atoms with Crippen molar-refractivity contribution in [2.75, 3.05) is 0 Å². The third-order valence-electron chi connectivity index (χ3n) is 3.54. The van der Waals surface area contributed by atoms with E-state index in [0.29, 0.717) is 16.9 Å². The van der Waals surface area contributed by atoms with Crippen LogP contribution in [-0.4, -0.2) is 25.5 Å². The molecule has 2 aromatic rings. The maximum Gasteiger partial charge on any atom is 0.283 e. The van der Waals surface area contributed by atoms with Gasteiger partial charge >= 0.3 is 0 Å². The van der Waals surface area contributed by atoms with Crippen LogP contribution in [0.3, 0.4) is 0 Å². The second kappa shape index (κ2) is 7.85. The summed E-state index contributed by atoms with van der Waals surface area (Å²) in [5.74, 6) is -0.673. The maximum absolute atomic E-state index is 13.1. The summed E-state index contributed by atoms with van der Waals surface area (Å²) in [7, 11) is 0. The Morgan fingerprint density at radius 2 is 1.96 bits per heavy atom. The second-order valence-corrected chi connectivity index (χ2v) is 5.56. The number of amides is 1. The number of carbonyl (C=O) groups excluding carboxylic acids is 1. The predicted molar refractivity (Wildman–Crippen MR) is 81.6 cm³/mol. The number of rotatable bonds is 7. The zero-order chi connectivity index (χ0) is 18.7. The van der Waals surface area contributed by atoms with Gasteiger partial charge in [0.15, 0.2) is 0 Å². The van der Waals surface area contributed by atoms with Crippen molar-refractivity contribution in [2.45, 2.75) is 45.8 Å². The lowest BCUT2D eigenvalue weighted by atomic mass is 10.3. The molecule has 0 saturated heterocycles. The summed E-state index contributed by atoms with van der Waals surface area (Å²) in [5, 5.41) is 9.24. The van der Waals surface area contributed by atoms with E-state index in [1.807, 2.05) is 6.92 Å². The van der Waals surface area contributed by atoms with Crippen LogP contribution in [-0.2, 0) is 17.9 Å². The van der Waals surface area contributed by atoms with Gasteiger partial charge in [-0.15, -0.1) is 0 Å². The number of hydrogen-bond acceptors (Lipinski definition) is 3. The summed E-state index contributed by atoms with van der Waals surface area (Å²) in [6.07, 6.45) is -4.55. The maximum atomic E-state index is 13.1. The van der Waals surface area contributed by atoms with Gasteiger partial charge in [0.05, 0.1) is 17.3 Å². The minimum absolute atomic E-state index is 0.0664. The summed E-state index contributed by atoms with van der Waals surface area (Å²) >= 11 is 5.57. The molecule has 0 spiro atoms. The van der Waals surface area contributed by atoms with Crippen LogP contribution in [0.15, 0.2) is 12.3 Å². The Kier molecular flexibility index (Phi) is 6.04. The van der Waals surface area contributed by atoms with Crippen molar-refractivity contribution >= 4 is 17.5 Å². The van der Waals surface area contributed by atoms with Crippen molar-refractivity contribution < 1.29 is 22.4 Å². The van der Waals surface area contributed by atoms with E-state index in [1.54, 1.807) is 16.9 Å². The molecule has 1 N–H and O–H groups in total. The molecule has 138 valence electrons. The van der Waals surface area contributed by atoms with E-state index in [0.717, 1.165) is 0 Å². The Labute approximate surface area is 145 Å². The van der Waals surface area contributed by atoms with Crippen LogP contribution in [0.2, 0.25) is 5.02 Å². The fourth-order valence-corrected chi connectivity index (χ4v) is 2.48. The molecular formula is C14H16ClF4N5O. The molecule has 1 atom stereocenters. The minimum Gasteiger partial charge on any atom is -0.349 e. The van der Waals surface area contributed by atoms with Crippen LogP contribution in [0.25, 0.3) is 0 Å². The van der Waals surface area contributed by atoms with Gasteiger partial charge in [0, 0.05) is 12.7 Å². The highest BCUT2D eigenvalue weighted by molar-refractivity contribution is 6.32. The number of aromatic nitrogens is 4. The Bertz CT molecular complexity index is 746. The van der Waals surface area contributed by atoms with E-state index >= 15 is 0 Å². The van der Waals surface area contributed by atoms with Gasteiger partial charge in [-0.2, -0.15) is 10.2 Å². The summed E-state index contributed by atoms with van der Waals surface area (Å²) < 4.78 is 54.2. The van der Waals surface area contributed by atoms with Crippen LogP contribution in [0, 0.1) is 0 Å². The second-order valence-electron chi connectivity index (χ2n) is 5.19. The van der Waals surface area contributed by atoms with Crippen LogP contribution in [0.5, 0.6) is 0 Å². The zero-order valence-electron chi connectivity index (χ0n) is 13.4. The molecule has 25 heavy (non-hydrogen) atoms. The summed E-state index contributed by atoms with van der Waals surface area (Å²) in [6.45, 7) is 3.89. The average molecular weight is 382 g/mol. The fraction of sp³-hybridized carbons (Fsp3) is 0.500. The number of aryl methyl sites for hydroxylation is 1. The van der Waals surface area contributed by atoms with Crippen molar-refractivity contribution in [1.82, 2.24) is 24.9 Å². The van der Waals surface area contributed by atoms with Crippen LogP contribution < -0.4 is 5.32 Å². The Morgan fingerprint density at radius 3 is 2.48 bits per heavy atom. The van der Waals surface area contributed by atoms with E-state index in [4.69, 9.17) is 11.6 Å². The lowest BCUT2D eigenvalue weighted by Crippen LogP contribution is -2.32. The standard InChI is InChI=1S/C14H16ClF4N5O/c1-3-23-5-4-8(21-23)6-20-14(25)7(2)24-11(13(18)19)9(15)10(22-24)12(16)17/h4-5,7,12-13H,3,6H2,1-2H3,(H,20,25). The quantitative estimate of drug-likeness (QED) is 0.746. The van der Waals surface area contributed by atoms with E-state index < -0.39 is 41.2 Å². The third-order valence-corrected chi connectivity index (χ3v) is 3.92. The highest BCUT2D eigenvalue weighted by atomic mass is 35.5. The van der Waals surface area contributed by atoms with E-state index in [9.17, 15) is 22.4 Å². The first-order chi connectivity index (χ1) is 11.8. The Hall–Kier alpha value is -2.10. The van der Waals surface area contributed by atoms with Gasteiger partial charge in [0.1, 0.15) is 17.4 Å². The molecule has 0 radical (unpaired) electrons. The minimum atomic E-state index is -3.15. The van der Waals surface area contributed by atoms with Crippen LogP contribution >= 0.6 is 11.6 Å². The molecule has 2 heterocycles. The molecule has 2 aromatic heterocycles. The van der Waals surface area contributed by atoms with Crippen molar-refractivity contribution in [1.29, 1.82) is 0 Å². The number of alkyl halides is 4. The molecular weight excluding hydrogens is 366 g/mol. The van der Waals surface area contributed by atoms with Crippen molar-refractivity contribution in [3.63, 3.8) is 0 Å². The van der Waals surface area contributed by atoms with Gasteiger partial charge < -0.3 is 5.32 Å². The van der Waals surface area contributed by atoms with Crippen molar-refractivity contribution in [3.8, 4) is 0 Å². The first-order valence-electron chi connectivity index (χ1n) is 7.40. The number of hydrogen-bond donors (Lipinski definition) is 1. The molecule has 1 amide bonds. The van der Waals surface area contributed by atoms with E-state index in [2.05, 4.69) is 15.5 Å². The molecule has 6 nitrogen and oxygen atoms in total. The summed E-state index contributed by atoms with van der Waals surface area (Å²) in [6, 6.07) is 0.445. The van der Waals surface area contributed by atoms with Gasteiger partial charge in [-0.3, -0.25) is 9.48 Å². The third kappa shape index (κ3) is 4.12. The van der Waals surface area contributed by atoms with Crippen LogP contribution in [0.4, 0.5) is 17.6 Å². The van der Waals surface area contributed by atoms with Gasteiger partial charge in [-0.1, -0.05) is 11.6 Å². The molecule has 11 heteroatoms. The van der Waals surface area contributed by atoms with Crippen molar-refractivity contribution in [3.05, 3.63) is 34.4 Å². The first-order valence-corrected chi connectivity index (χ1v) is 7.78. The normalized spacial score (nSPS) is 12.8. The summed E-state index contributed by atoms with van der Waals surface area (Å²) in [5.41, 5.74) is -1.31. The number of nitrogens with zero attached hydrogens (tertiary/aromatic N) is 4. The monoisotopic (exact) mass is 381 g/mol. The molecule has 0 aliphatic heterocycles. The molecule has 0 aliphatic carbocycles. The lowest BCUT2D eigenvalue weighted by Gasteiger charge is -2.15. The molecule has 0 saturated carbocycles. The molecule has 0 aliphatic rings. The lowest BCUT2D eigenvalue weighted by molar-refractivity contribution is -0.124. The smallest absolute Gasteiger partial charge is 0.283 e. The van der Waals surface area contributed by atoms with E-state index in [1.165, 1.54) is 6.92 Å². The molecule has 0 bridgehead atoms. The molecule has 0 fully saturated rings. The van der Waals surface area contributed by atoms with Crippen molar-refractivity contribution in [2.24, 2.45) is 0 Å². The first kappa shape index (κ1) is 19.2. The zero-order valence-corrected chi connectivity index (χ0v) is 14.1.